The van der Waals surface area contributed by atoms with E-state index < -0.39 is 0 Å². The van der Waals surface area contributed by atoms with Crippen LogP contribution in [-0.2, 0) is 11.8 Å². The Morgan fingerprint density at radius 2 is 1.94 bits per heavy atom. The van der Waals surface area contributed by atoms with Crippen molar-refractivity contribution in [2.24, 2.45) is 5.41 Å². The van der Waals surface area contributed by atoms with E-state index in [-0.39, 0.29) is 5.41 Å². The zero-order valence-corrected chi connectivity index (χ0v) is 12.0. The van der Waals surface area contributed by atoms with Crippen LogP contribution >= 0.6 is 11.3 Å². The number of rotatable bonds is 0. The fourth-order valence-corrected chi connectivity index (χ4v) is 4.24. The first-order valence-electron chi connectivity index (χ1n) is 6.14. The molecular formula is C13H19N3S. The smallest absolute Gasteiger partial charge is 0.212 e. The topological polar surface area (TPSA) is 30.2 Å². The molecule has 3 rings (SSSR count). The monoisotopic (exact) mass is 249 g/mol. The first-order valence-corrected chi connectivity index (χ1v) is 6.96. The van der Waals surface area contributed by atoms with Crippen LogP contribution < -0.4 is 0 Å². The van der Waals surface area contributed by atoms with Gasteiger partial charge in [-0.3, -0.25) is 0 Å². The van der Waals surface area contributed by atoms with Crippen LogP contribution in [-0.4, -0.2) is 14.6 Å². The van der Waals surface area contributed by atoms with Gasteiger partial charge in [0.1, 0.15) is 5.01 Å². The molecule has 2 aromatic heterocycles. The minimum Gasteiger partial charge on any atom is -0.222 e. The van der Waals surface area contributed by atoms with Crippen molar-refractivity contribution in [1.82, 2.24) is 14.6 Å². The third-order valence-corrected chi connectivity index (χ3v) is 4.41. The SMILES string of the molecule is Cc1nn2c3c(nc2s1)CC(C)(C)CC3(C)C. The number of aryl methyl sites for hydroxylation is 1. The third kappa shape index (κ3) is 1.61. The van der Waals surface area contributed by atoms with E-state index in [1.54, 1.807) is 11.3 Å². The Balaban J connectivity index is 2.29. The van der Waals surface area contributed by atoms with Crippen LogP contribution in [0.2, 0.25) is 0 Å². The second-order valence-corrected chi connectivity index (χ2v) is 7.78. The van der Waals surface area contributed by atoms with Gasteiger partial charge in [0.05, 0.1) is 11.4 Å². The highest BCUT2D eigenvalue weighted by molar-refractivity contribution is 7.16. The van der Waals surface area contributed by atoms with Gasteiger partial charge in [-0.1, -0.05) is 39.0 Å². The maximum Gasteiger partial charge on any atom is 0.212 e. The molecule has 2 aromatic rings. The molecule has 1 aliphatic rings. The predicted molar refractivity (Wildman–Crippen MR) is 70.7 cm³/mol. The van der Waals surface area contributed by atoms with E-state index in [1.165, 1.54) is 17.8 Å². The van der Waals surface area contributed by atoms with Gasteiger partial charge in [-0.2, -0.15) is 5.10 Å². The lowest BCUT2D eigenvalue weighted by atomic mass is 9.66. The number of hydrogen-bond donors (Lipinski definition) is 0. The van der Waals surface area contributed by atoms with Crippen LogP contribution in [0.3, 0.4) is 0 Å². The Kier molecular flexibility index (Phi) is 2.05. The van der Waals surface area contributed by atoms with Crippen molar-refractivity contribution in [3.8, 4) is 0 Å². The minimum absolute atomic E-state index is 0.164. The quantitative estimate of drug-likeness (QED) is 0.716. The van der Waals surface area contributed by atoms with Crippen molar-refractivity contribution in [1.29, 1.82) is 0 Å². The minimum atomic E-state index is 0.164. The highest BCUT2D eigenvalue weighted by Crippen LogP contribution is 2.45. The molecule has 0 unspecified atom stereocenters. The molecule has 0 aliphatic heterocycles. The van der Waals surface area contributed by atoms with Gasteiger partial charge in [0.2, 0.25) is 4.96 Å². The molecule has 0 amide bonds. The molecule has 0 saturated heterocycles. The Morgan fingerprint density at radius 1 is 1.24 bits per heavy atom. The second-order valence-electron chi connectivity index (χ2n) is 6.62. The Hall–Kier alpha value is -0.900. The number of fused-ring (bicyclic) bond motifs is 3. The van der Waals surface area contributed by atoms with Crippen LogP contribution in [0.25, 0.3) is 4.96 Å². The fourth-order valence-electron chi connectivity index (χ4n) is 3.48. The molecule has 92 valence electrons. The molecule has 1 aliphatic carbocycles. The number of imidazole rings is 1. The highest BCUT2D eigenvalue weighted by atomic mass is 32.1. The molecule has 0 saturated carbocycles. The lowest BCUT2D eigenvalue weighted by Crippen LogP contribution is -2.35. The number of aromatic nitrogens is 3. The lowest BCUT2D eigenvalue weighted by molar-refractivity contribution is 0.223. The molecule has 0 bridgehead atoms. The normalized spacial score (nSPS) is 21.7. The zero-order chi connectivity index (χ0) is 12.4. The van der Waals surface area contributed by atoms with Gasteiger partial charge in [0, 0.05) is 5.41 Å². The molecule has 0 radical (unpaired) electrons. The van der Waals surface area contributed by atoms with Gasteiger partial charge in [0.25, 0.3) is 0 Å². The molecule has 3 nitrogen and oxygen atoms in total. The van der Waals surface area contributed by atoms with E-state index in [0.717, 1.165) is 16.4 Å². The molecule has 0 fully saturated rings. The summed E-state index contributed by atoms with van der Waals surface area (Å²) in [5, 5.41) is 5.70. The molecule has 4 heteroatoms. The molecule has 0 atom stereocenters. The van der Waals surface area contributed by atoms with E-state index in [1.807, 2.05) is 6.92 Å². The van der Waals surface area contributed by atoms with Gasteiger partial charge in [-0.05, 0) is 25.2 Å². The van der Waals surface area contributed by atoms with Crippen LogP contribution in [0.4, 0.5) is 0 Å². The van der Waals surface area contributed by atoms with Crippen LogP contribution in [0.5, 0.6) is 0 Å². The van der Waals surface area contributed by atoms with Gasteiger partial charge in [0.15, 0.2) is 0 Å². The summed E-state index contributed by atoms with van der Waals surface area (Å²) >= 11 is 1.69. The van der Waals surface area contributed by atoms with Crippen molar-refractivity contribution in [3.63, 3.8) is 0 Å². The van der Waals surface area contributed by atoms with Crippen molar-refractivity contribution >= 4 is 16.3 Å². The molecule has 0 spiro atoms. The highest BCUT2D eigenvalue weighted by Gasteiger charge is 2.41. The standard InChI is InChI=1S/C13H19N3S/c1-8-15-16-10-9(14-11(16)17-8)6-12(2,3)7-13(10,4)5/h6-7H2,1-5H3. The van der Waals surface area contributed by atoms with E-state index in [9.17, 15) is 0 Å². The van der Waals surface area contributed by atoms with Gasteiger partial charge >= 0.3 is 0 Å². The van der Waals surface area contributed by atoms with Crippen LogP contribution in [0.15, 0.2) is 0 Å². The Morgan fingerprint density at radius 3 is 2.65 bits per heavy atom. The lowest BCUT2D eigenvalue weighted by Gasteiger charge is -2.39. The largest absolute Gasteiger partial charge is 0.222 e. The van der Waals surface area contributed by atoms with Crippen LogP contribution in [0.1, 0.15) is 50.5 Å². The average Bonchev–Trinajstić information content (AvgIpc) is 2.53. The molecule has 0 N–H and O–H groups in total. The summed E-state index contributed by atoms with van der Waals surface area (Å²) in [6, 6.07) is 0. The maximum atomic E-state index is 4.78. The summed E-state index contributed by atoms with van der Waals surface area (Å²) in [6.07, 6.45) is 2.26. The number of hydrogen-bond acceptors (Lipinski definition) is 3. The van der Waals surface area contributed by atoms with Crippen molar-refractivity contribution < 1.29 is 0 Å². The second kappa shape index (κ2) is 3.10. The summed E-state index contributed by atoms with van der Waals surface area (Å²) < 4.78 is 2.07. The number of nitrogens with zero attached hydrogens (tertiary/aromatic N) is 3. The van der Waals surface area contributed by atoms with Crippen molar-refractivity contribution in [3.05, 3.63) is 16.4 Å². The molecule has 0 aromatic carbocycles. The Bertz CT molecular complexity index is 589. The summed E-state index contributed by atoms with van der Waals surface area (Å²) in [4.78, 5) is 5.84. The molecule has 17 heavy (non-hydrogen) atoms. The van der Waals surface area contributed by atoms with E-state index >= 15 is 0 Å². The van der Waals surface area contributed by atoms with Gasteiger partial charge in [-0.25, -0.2) is 9.50 Å². The molecular weight excluding hydrogens is 230 g/mol. The summed E-state index contributed by atoms with van der Waals surface area (Å²) in [5.41, 5.74) is 3.09. The predicted octanol–water partition coefficient (Wildman–Crippen LogP) is 3.35. The van der Waals surface area contributed by atoms with Crippen molar-refractivity contribution in [2.75, 3.05) is 0 Å². The van der Waals surface area contributed by atoms with Gasteiger partial charge < -0.3 is 0 Å². The van der Waals surface area contributed by atoms with Crippen molar-refractivity contribution in [2.45, 2.75) is 52.9 Å². The van der Waals surface area contributed by atoms with E-state index in [4.69, 9.17) is 4.98 Å². The zero-order valence-electron chi connectivity index (χ0n) is 11.2. The summed E-state index contributed by atoms with van der Waals surface area (Å²) in [7, 11) is 0. The maximum absolute atomic E-state index is 4.78. The van der Waals surface area contributed by atoms with E-state index in [0.29, 0.717) is 5.41 Å². The van der Waals surface area contributed by atoms with Crippen LogP contribution in [0, 0.1) is 12.3 Å². The summed E-state index contributed by atoms with van der Waals surface area (Å²) in [5.74, 6) is 0. The van der Waals surface area contributed by atoms with E-state index in [2.05, 4.69) is 37.3 Å². The Labute approximate surface area is 106 Å². The fraction of sp³-hybridized carbons (Fsp3) is 0.692. The first kappa shape index (κ1) is 11.2. The molecule has 2 heterocycles. The van der Waals surface area contributed by atoms with Gasteiger partial charge in [-0.15, -0.1) is 0 Å². The average molecular weight is 249 g/mol. The summed E-state index contributed by atoms with van der Waals surface area (Å²) in [6.45, 7) is 11.4. The first-order chi connectivity index (χ1) is 7.78. The third-order valence-electron chi connectivity index (χ3n) is 3.58.